The molecule has 1 aromatic rings. The molecule has 0 saturated carbocycles. The third-order valence-electron chi connectivity index (χ3n) is 3.37. The van der Waals surface area contributed by atoms with Crippen molar-refractivity contribution in [3.8, 4) is 0 Å². The molecule has 1 unspecified atom stereocenters. The number of likely N-dealkylation sites (tertiary alicyclic amines) is 1. The molecule has 0 radical (unpaired) electrons. The van der Waals surface area contributed by atoms with E-state index in [0.717, 1.165) is 24.9 Å². The quantitative estimate of drug-likeness (QED) is 0.807. The maximum atomic E-state index is 12.4. The topological polar surface area (TPSA) is 37.4 Å². The summed E-state index contributed by atoms with van der Waals surface area (Å²) < 4.78 is 24.8. The molecule has 0 spiro atoms. The number of nitrogens with zero attached hydrogens (tertiary/aromatic N) is 1. The lowest BCUT2D eigenvalue weighted by Crippen LogP contribution is -2.40. The van der Waals surface area contributed by atoms with Gasteiger partial charge in [-0.25, -0.2) is 8.42 Å². The molecule has 0 aliphatic carbocycles. The zero-order valence-corrected chi connectivity index (χ0v) is 11.2. The van der Waals surface area contributed by atoms with Gasteiger partial charge in [-0.05, 0) is 45.5 Å². The van der Waals surface area contributed by atoms with Crippen molar-refractivity contribution in [2.24, 2.45) is 0 Å². The van der Waals surface area contributed by atoms with Crippen LogP contribution in [0.15, 0.2) is 29.2 Å². The maximum absolute atomic E-state index is 12.4. The van der Waals surface area contributed by atoms with Crippen LogP contribution in [0.3, 0.4) is 0 Å². The molecule has 1 fully saturated rings. The first-order chi connectivity index (χ1) is 8.00. The minimum absolute atomic E-state index is 0.246. The van der Waals surface area contributed by atoms with Gasteiger partial charge in [-0.2, -0.15) is 0 Å². The molecule has 1 saturated heterocycles. The fourth-order valence-electron chi connectivity index (χ4n) is 2.29. The molecule has 0 amide bonds. The molecule has 94 valence electrons. The number of piperidine rings is 1. The number of hydrogen-bond donors (Lipinski definition) is 0. The maximum Gasteiger partial charge on any atom is 0.182 e. The van der Waals surface area contributed by atoms with E-state index in [4.69, 9.17) is 0 Å². The Balaban J connectivity index is 2.26. The van der Waals surface area contributed by atoms with Crippen molar-refractivity contribution >= 4 is 9.84 Å². The first-order valence-electron chi connectivity index (χ1n) is 5.99. The minimum Gasteiger partial charge on any atom is -0.305 e. The van der Waals surface area contributed by atoms with Gasteiger partial charge in [-0.3, -0.25) is 0 Å². The zero-order chi connectivity index (χ0) is 12.5. The second kappa shape index (κ2) is 4.78. The van der Waals surface area contributed by atoms with Crippen LogP contribution in [0.4, 0.5) is 0 Å². The highest BCUT2D eigenvalue weighted by molar-refractivity contribution is 7.92. The first kappa shape index (κ1) is 12.6. The average Bonchev–Trinajstić information content (AvgIpc) is 2.29. The summed E-state index contributed by atoms with van der Waals surface area (Å²) in [4.78, 5) is 2.56. The Morgan fingerprint density at radius 1 is 1.24 bits per heavy atom. The third-order valence-corrected chi connectivity index (χ3v) is 5.56. The van der Waals surface area contributed by atoms with Gasteiger partial charge in [0.2, 0.25) is 0 Å². The monoisotopic (exact) mass is 253 g/mol. The van der Waals surface area contributed by atoms with Crippen molar-refractivity contribution < 1.29 is 8.42 Å². The fraction of sp³-hybridized carbons (Fsp3) is 0.538. The SMILES string of the molecule is Cc1ccc(S(=O)(=O)C2CCCN(C)C2)cc1. The van der Waals surface area contributed by atoms with Crippen LogP contribution in [0.1, 0.15) is 18.4 Å². The van der Waals surface area contributed by atoms with Crippen molar-refractivity contribution in [1.82, 2.24) is 4.90 Å². The lowest BCUT2D eigenvalue weighted by Gasteiger charge is -2.29. The molecular formula is C13H19NO2S. The van der Waals surface area contributed by atoms with Gasteiger partial charge < -0.3 is 4.90 Å². The number of rotatable bonds is 2. The summed E-state index contributed by atoms with van der Waals surface area (Å²) in [5.41, 5.74) is 1.09. The standard InChI is InChI=1S/C13H19NO2S/c1-11-5-7-12(8-6-11)17(15,16)13-4-3-9-14(2)10-13/h5-8,13H,3-4,9-10H2,1-2H3. The number of aryl methyl sites for hydroxylation is 1. The van der Waals surface area contributed by atoms with E-state index in [1.54, 1.807) is 12.1 Å². The van der Waals surface area contributed by atoms with Crippen LogP contribution in [0.5, 0.6) is 0 Å². The predicted octanol–water partition coefficient (Wildman–Crippen LogP) is 1.86. The summed E-state index contributed by atoms with van der Waals surface area (Å²) in [6, 6.07) is 7.16. The highest BCUT2D eigenvalue weighted by atomic mass is 32.2. The Kier molecular flexibility index (Phi) is 3.54. The summed E-state index contributed by atoms with van der Waals surface area (Å²) in [7, 11) is -1.17. The van der Waals surface area contributed by atoms with Gasteiger partial charge >= 0.3 is 0 Å². The lowest BCUT2D eigenvalue weighted by atomic mass is 10.1. The van der Waals surface area contributed by atoms with E-state index < -0.39 is 9.84 Å². The highest BCUT2D eigenvalue weighted by Crippen LogP contribution is 2.23. The zero-order valence-electron chi connectivity index (χ0n) is 10.4. The molecule has 1 heterocycles. The number of benzene rings is 1. The number of hydrogen-bond acceptors (Lipinski definition) is 3. The molecule has 3 nitrogen and oxygen atoms in total. The molecule has 0 N–H and O–H groups in total. The van der Waals surface area contributed by atoms with Crippen molar-refractivity contribution in [1.29, 1.82) is 0 Å². The van der Waals surface area contributed by atoms with E-state index in [-0.39, 0.29) is 5.25 Å². The third kappa shape index (κ3) is 2.69. The van der Waals surface area contributed by atoms with E-state index in [0.29, 0.717) is 11.4 Å². The van der Waals surface area contributed by atoms with Crippen LogP contribution in [0, 0.1) is 6.92 Å². The molecule has 1 aliphatic rings. The highest BCUT2D eigenvalue weighted by Gasteiger charge is 2.30. The summed E-state index contributed by atoms with van der Waals surface area (Å²) in [5, 5.41) is -0.246. The van der Waals surface area contributed by atoms with Gasteiger partial charge in [0, 0.05) is 6.54 Å². The summed E-state index contributed by atoms with van der Waals surface area (Å²) in [6.07, 6.45) is 1.74. The van der Waals surface area contributed by atoms with Gasteiger partial charge in [-0.15, -0.1) is 0 Å². The van der Waals surface area contributed by atoms with Crippen LogP contribution in [0.2, 0.25) is 0 Å². The predicted molar refractivity (Wildman–Crippen MR) is 68.9 cm³/mol. The first-order valence-corrected chi connectivity index (χ1v) is 7.54. The van der Waals surface area contributed by atoms with Gasteiger partial charge in [0.05, 0.1) is 10.1 Å². The van der Waals surface area contributed by atoms with Crippen molar-refractivity contribution in [2.75, 3.05) is 20.1 Å². The Hall–Kier alpha value is -0.870. The Labute approximate surface area is 103 Å². The molecule has 1 atom stereocenters. The summed E-state index contributed by atoms with van der Waals surface area (Å²) in [5.74, 6) is 0. The number of sulfone groups is 1. The van der Waals surface area contributed by atoms with Crippen molar-refractivity contribution in [3.63, 3.8) is 0 Å². The summed E-state index contributed by atoms with van der Waals surface area (Å²) in [6.45, 7) is 3.61. The second-order valence-electron chi connectivity index (χ2n) is 4.88. The smallest absolute Gasteiger partial charge is 0.182 e. The van der Waals surface area contributed by atoms with E-state index in [1.807, 2.05) is 26.1 Å². The average molecular weight is 253 g/mol. The fourth-order valence-corrected chi connectivity index (χ4v) is 4.12. The van der Waals surface area contributed by atoms with E-state index in [9.17, 15) is 8.42 Å². The van der Waals surface area contributed by atoms with E-state index >= 15 is 0 Å². The molecule has 1 aliphatic heterocycles. The van der Waals surface area contributed by atoms with E-state index in [2.05, 4.69) is 4.90 Å². The largest absolute Gasteiger partial charge is 0.305 e. The lowest BCUT2D eigenvalue weighted by molar-refractivity contribution is 0.278. The van der Waals surface area contributed by atoms with Gasteiger partial charge in [0.25, 0.3) is 0 Å². The molecule has 2 rings (SSSR count). The van der Waals surface area contributed by atoms with Crippen molar-refractivity contribution in [3.05, 3.63) is 29.8 Å². The summed E-state index contributed by atoms with van der Waals surface area (Å²) >= 11 is 0. The molecule has 0 aromatic heterocycles. The Bertz CT molecular complexity index is 479. The molecule has 17 heavy (non-hydrogen) atoms. The van der Waals surface area contributed by atoms with Crippen LogP contribution in [-0.4, -0.2) is 38.7 Å². The second-order valence-corrected chi connectivity index (χ2v) is 7.11. The van der Waals surface area contributed by atoms with Crippen LogP contribution >= 0.6 is 0 Å². The normalized spacial score (nSPS) is 22.6. The van der Waals surface area contributed by atoms with Gasteiger partial charge in [0.1, 0.15) is 0 Å². The van der Waals surface area contributed by atoms with Gasteiger partial charge in [0.15, 0.2) is 9.84 Å². The molecule has 0 bridgehead atoms. The van der Waals surface area contributed by atoms with Crippen molar-refractivity contribution in [2.45, 2.75) is 29.9 Å². The Morgan fingerprint density at radius 3 is 2.47 bits per heavy atom. The van der Waals surface area contributed by atoms with Gasteiger partial charge in [-0.1, -0.05) is 17.7 Å². The van der Waals surface area contributed by atoms with Crippen LogP contribution in [0.25, 0.3) is 0 Å². The van der Waals surface area contributed by atoms with Crippen LogP contribution in [-0.2, 0) is 9.84 Å². The molecule has 4 heteroatoms. The molecule has 1 aromatic carbocycles. The Morgan fingerprint density at radius 2 is 1.88 bits per heavy atom. The van der Waals surface area contributed by atoms with Crippen LogP contribution < -0.4 is 0 Å². The minimum atomic E-state index is -3.15. The van der Waals surface area contributed by atoms with E-state index in [1.165, 1.54) is 0 Å². The molecular weight excluding hydrogens is 234 g/mol.